The van der Waals surface area contributed by atoms with Crippen molar-refractivity contribution in [1.82, 2.24) is 14.9 Å². The number of carbonyl (C=O) groups excluding carboxylic acids is 1. The number of likely N-dealkylation sites (tertiary alicyclic amines) is 1. The monoisotopic (exact) mass is 417 g/mol. The summed E-state index contributed by atoms with van der Waals surface area (Å²) in [5.74, 6) is 0.778. The molecule has 0 aliphatic carbocycles. The van der Waals surface area contributed by atoms with Crippen LogP contribution in [0.4, 0.5) is 11.6 Å². The molecule has 2 aromatic rings. The van der Waals surface area contributed by atoms with Crippen molar-refractivity contribution < 1.29 is 4.79 Å². The zero-order chi connectivity index (χ0) is 18.5. The second kappa shape index (κ2) is 8.60. The van der Waals surface area contributed by atoms with Crippen LogP contribution >= 0.6 is 15.9 Å². The largest absolute Gasteiger partial charge is 0.341 e. The lowest BCUT2D eigenvalue weighted by molar-refractivity contribution is -0.117. The first kappa shape index (κ1) is 18.8. The maximum Gasteiger partial charge on any atom is 0.238 e. The standard InChI is InChI=1S/C19H24BrN5O/c1-14-3-5-16(6-4-14)23-18(26)13-25-9-7-17(8-10-25)24(2)19-21-11-15(20)12-22-19/h3-6,11-12,17H,7-10,13H2,1-2H3,(H,23,26). The van der Waals surface area contributed by atoms with Crippen molar-refractivity contribution in [2.45, 2.75) is 25.8 Å². The van der Waals surface area contributed by atoms with Gasteiger partial charge in [-0.1, -0.05) is 17.7 Å². The molecule has 7 heteroatoms. The second-order valence-corrected chi connectivity index (χ2v) is 7.65. The SMILES string of the molecule is Cc1ccc(NC(=O)CN2CCC(N(C)c3ncc(Br)cn3)CC2)cc1. The first-order valence-electron chi connectivity index (χ1n) is 8.80. The summed E-state index contributed by atoms with van der Waals surface area (Å²) in [6, 6.07) is 8.27. The summed E-state index contributed by atoms with van der Waals surface area (Å²) in [5, 5.41) is 2.97. The lowest BCUT2D eigenvalue weighted by Gasteiger charge is -2.36. The third-order valence-electron chi connectivity index (χ3n) is 4.73. The van der Waals surface area contributed by atoms with Crippen LogP contribution in [0, 0.1) is 6.92 Å². The van der Waals surface area contributed by atoms with Crippen LogP contribution < -0.4 is 10.2 Å². The predicted molar refractivity (Wildman–Crippen MR) is 107 cm³/mol. The molecule has 0 radical (unpaired) electrons. The number of aromatic nitrogens is 2. The smallest absolute Gasteiger partial charge is 0.238 e. The molecule has 1 saturated heterocycles. The Morgan fingerprint density at radius 1 is 1.23 bits per heavy atom. The van der Waals surface area contributed by atoms with Crippen LogP contribution in [0.3, 0.4) is 0 Å². The van der Waals surface area contributed by atoms with Gasteiger partial charge >= 0.3 is 0 Å². The van der Waals surface area contributed by atoms with Gasteiger partial charge in [0.2, 0.25) is 11.9 Å². The Morgan fingerprint density at radius 2 is 1.85 bits per heavy atom. The van der Waals surface area contributed by atoms with Gasteiger partial charge in [-0.3, -0.25) is 9.69 Å². The van der Waals surface area contributed by atoms with Crippen LogP contribution in [0.5, 0.6) is 0 Å². The Labute approximate surface area is 162 Å². The van der Waals surface area contributed by atoms with Crippen molar-refractivity contribution in [3.05, 3.63) is 46.7 Å². The lowest BCUT2D eigenvalue weighted by Crippen LogP contribution is -2.46. The third-order valence-corrected chi connectivity index (χ3v) is 5.14. The fourth-order valence-corrected chi connectivity index (χ4v) is 3.36. The molecule has 3 rings (SSSR count). The van der Waals surface area contributed by atoms with Crippen LogP contribution in [0.2, 0.25) is 0 Å². The van der Waals surface area contributed by atoms with Crippen molar-refractivity contribution in [3.63, 3.8) is 0 Å². The van der Waals surface area contributed by atoms with Crippen LogP contribution in [-0.2, 0) is 4.79 Å². The number of rotatable bonds is 5. The van der Waals surface area contributed by atoms with E-state index >= 15 is 0 Å². The molecule has 0 spiro atoms. The number of piperidine rings is 1. The zero-order valence-corrected chi connectivity index (χ0v) is 16.7. The maximum atomic E-state index is 12.2. The van der Waals surface area contributed by atoms with Gasteiger partial charge < -0.3 is 10.2 Å². The van der Waals surface area contributed by atoms with Gasteiger partial charge in [0.1, 0.15) is 0 Å². The third kappa shape index (κ3) is 5.02. The number of halogens is 1. The van der Waals surface area contributed by atoms with Gasteiger partial charge in [0, 0.05) is 44.3 Å². The minimum Gasteiger partial charge on any atom is -0.341 e. The molecule has 1 amide bonds. The summed E-state index contributed by atoms with van der Waals surface area (Å²) in [7, 11) is 2.04. The molecule has 26 heavy (non-hydrogen) atoms. The van der Waals surface area contributed by atoms with Gasteiger partial charge in [0.25, 0.3) is 0 Å². The van der Waals surface area contributed by atoms with Crippen molar-refractivity contribution in [1.29, 1.82) is 0 Å². The van der Waals surface area contributed by atoms with Crippen LogP contribution in [0.15, 0.2) is 41.1 Å². The first-order chi connectivity index (χ1) is 12.5. The quantitative estimate of drug-likeness (QED) is 0.809. The summed E-state index contributed by atoms with van der Waals surface area (Å²) in [6.45, 7) is 4.25. The number of amides is 1. The maximum absolute atomic E-state index is 12.2. The van der Waals surface area contributed by atoms with Gasteiger partial charge in [-0.05, 0) is 47.8 Å². The molecule has 2 heterocycles. The molecule has 0 atom stereocenters. The molecule has 1 aliphatic heterocycles. The predicted octanol–water partition coefficient (Wildman–Crippen LogP) is 3.09. The first-order valence-corrected chi connectivity index (χ1v) is 9.60. The van der Waals surface area contributed by atoms with Crippen molar-refractivity contribution >= 4 is 33.5 Å². The van der Waals surface area contributed by atoms with Gasteiger partial charge in [0.15, 0.2) is 0 Å². The molecule has 1 aliphatic rings. The van der Waals surface area contributed by atoms with E-state index in [0.717, 1.165) is 42.0 Å². The Kier molecular flexibility index (Phi) is 6.21. The van der Waals surface area contributed by atoms with Crippen molar-refractivity contribution in [2.75, 3.05) is 36.9 Å². The number of hydrogen-bond donors (Lipinski definition) is 1. The Hall–Kier alpha value is -1.99. The minimum atomic E-state index is 0.0388. The molecular weight excluding hydrogens is 394 g/mol. The number of benzene rings is 1. The number of nitrogens with one attached hydrogen (secondary N) is 1. The summed E-state index contributed by atoms with van der Waals surface area (Å²) in [5.41, 5.74) is 2.03. The molecule has 0 bridgehead atoms. The van der Waals surface area contributed by atoms with Crippen LogP contribution in [0.1, 0.15) is 18.4 Å². The number of hydrogen-bond acceptors (Lipinski definition) is 5. The van der Waals surface area contributed by atoms with E-state index in [1.54, 1.807) is 12.4 Å². The highest BCUT2D eigenvalue weighted by Crippen LogP contribution is 2.20. The average molecular weight is 418 g/mol. The molecule has 0 unspecified atom stereocenters. The number of aryl methyl sites for hydroxylation is 1. The van der Waals surface area contributed by atoms with E-state index in [9.17, 15) is 4.79 Å². The highest BCUT2D eigenvalue weighted by atomic mass is 79.9. The van der Waals surface area contributed by atoms with Gasteiger partial charge in [-0.15, -0.1) is 0 Å². The minimum absolute atomic E-state index is 0.0388. The van der Waals surface area contributed by atoms with Crippen LogP contribution in [0.25, 0.3) is 0 Å². The fourth-order valence-electron chi connectivity index (χ4n) is 3.16. The van der Waals surface area contributed by atoms with E-state index < -0.39 is 0 Å². The molecule has 0 saturated carbocycles. The van der Waals surface area contributed by atoms with E-state index in [0.29, 0.717) is 12.6 Å². The molecule has 1 aromatic heterocycles. The van der Waals surface area contributed by atoms with Crippen LogP contribution in [-0.4, -0.2) is 53.5 Å². The van der Waals surface area contributed by atoms with E-state index in [4.69, 9.17) is 0 Å². The van der Waals surface area contributed by atoms with E-state index in [1.165, 1.54) is 5.56 Å². The highest BCUT2D eigenvalue weighted by molar-refractivity contribution is 9.10. The number of carbonyl (C=O) groups is 1. The van der Waals surface area contributed by atoms with Crippen molar-refractivity contribution in [3.8, 4) is 0 Å². The van der Waals surface area contributed by atoms with E-state index in [-0.39, 0.29) is 5.91 Å². The topological polar surface area (TPSA) is 61.4 Å². The van der Waals surface area contributed by atoms with Crippen molar-refractivity contribution in [2.24, 2.45) is 0 Å². The number of nitrogens with zero attached hydrogens (tertiary/aromatic N) is 4. The Bertz CT molecular complexity index is 727. The summed E-state index contributed by atoms with van der Waals surface area (Å²) in [4.78, 5) is 25.3. The van der Waals surface area contributed by atoms with Gasteiger partial charge in [-0.25, -0.2) is 9.97 Å². The molecule has 138 valence electrons. The van der Waals surface area contributed by atoms with E-state index in [2.05, 4.69) is 41.0 Å². The summed E-state index contributed by atoms with van der Waals surface area (Å²) >= 11 is 3.36. The molecular formula is C19H24BrN5O. The molecule has 1 N–H and O–H groups in total. The summed E-state index contributed by atoms with van der Waals surface area (Å²) in [6.07, 6.45) is 5.52. The van der Waals surface area contributed by atoms with Gasteiger partial charge in [0.05, 0.1) is 11.0 Å². The molecule has 6 nitrogen and oxygen atoms in total. The van der Waals surface area contributed by atoms with E-state index in [1.807, 2.05) is 38.2 Å². The zero-order valence-electron chi connectivity index (χ0n) is 15.2. The summed E-state index contributed by atoms with van der Waals surface area (Å²) < 4.78 is 0.879. The average Bonchev–Trinajstić information content (AvgIpc) is 2.64. The fraction of sp³-hybridized carbons (Fsp3) is 0.421. The second-order valence-electron chi connectivity index (χ2n) is 6.73. The molecule has 1 aromatic carbocycles. The normalized spacial score (nSPS) is 15.7. The van der Waals surface area contributed by atoms with Gasteiger partial charge in [-0.2, -0.15) is 0 Å². The Balaban J connectivity index is 1.46. The molecule has 1 fully saturated rings. The lowest BCUT2D eigenvalue weighted by atomic mass is 10.0. The number of anilines is 2. The highest BCUT2D eigenvalue weighted by Gasteiger charge is 2.25. The Morgan fingerprint density at radius 3 is 2.46 bits per heavy atom.